The average molecular weight is 217 g/mol. The Morgan fingerprint density at radius 3 is 2.93 bits per heavy atom. The molecule has 0 bridgehead atoms. The Bertz CT molecular complexity index is 425. The number of aryl methyl sites for hydroxylation is 1. The first-order valence-corrected chi connectivity index (χ1v) is 6.08. The highest BCUT2D eigenvalue weighted by Crippen LogP contribution is 2.46. The molecule has 0 spiro atoms. The van der Waals surface area contributed by atoms with Gasteiger partial charge in [-0.05, 0) is 37.3 Å². The third-order valence-electron chi connectivity index (χ3n) is 3.72. The minimum absolute atomic E-state index is 0.606. The number of thiocarbonyl (C=S) groups is 1. The number of fused-ring (bicyclic) bond motifs is 3. The van der Waals surface area contributed by atoms with Crippen molar-refractivity contribution in [3.05, 3.63) is 29.3 Å². The summed E-state index contributed by atoms with van der Waals surface area (Å²) in [4.78, 5) is 1.06. The van der Waals surface area contributed by atoms with E-state index in [9.17, 15) is 0 Å². The van der Waals surface area contributed by atoms with E-state index in [-0.39, 0.29) is 0 Å². The summed E-state index contributed by atoms with van der Waals surface area (Å²) in [5.74, 6) is 1.29. The highest BCUT2D eigenvalue weighted by atomic mass is 32.1. The van der Waals surface area contributed by atoms with Gasteiger partial charge in [0.2, 0.25) is 0 Å². The van der Waals surface area contributed by atoms with Crippen LogP contribution in [0.5, 0.6) is 0 Å². The molecule has 1 aliphatic heterocycles. The lowest BCUT2D eigenvalue weighted by atomic mass is 9.84. The van der Waals surface area contributed by atoms with E-state index in [0.29, 0.717) is 11.8 Å². The normalized spacial score (nSPS) is 28.2. The van der Waals surface area contributed by atoms with Gasteiger partial charge in [-0.25, -0.2) is 0 Å². The van der Waals surface area contributed by atoms with Crippen LogP contribution in [0.15, 0.2) is 18.2 Å². The van der Waals surface area contributed by atoms with Gasteiger partial charge in [0.15, 0.2) is 0 Å². The molecule has 2 aliphatic rings. The molecule has 3 rings (SSSR count). The van der Waals surface area contributed by atoms with Crippen molar-refractivity contribution in [2.45, 2.75) is 32.1 Å². The lowest BCUT2D eigenvalue weighted by Gasteiger charge is -2.30. The van der Waals surface area contributed by atoms with Crippen LogP contribution in [0, 0.1) is 12.8 Å². The van der Waals surface area contributed by atoms with Crippen molar-refractivity contribution in [3.8, 4) is 0 Å². The summed E-state index contributed by atoms with van der Waals surface area (Å²) in [6.07, 6.45) is 3.90. The monoisotopic (exact) mass is 217 g/mol. The molecule has 0 amide bonds. The quantitative estimate of drug-likeness (QED) is 0.666. The van der Waals surface area contributed by atoms with Gasteiger partial charge in [-0.1, -0.05) is 36.3 Å². The number of nitrogens with one attached hydrogen (secondary N) is 1. The van der Waals surface area contributed by atoms with Gasteiger partial charge < -0.3 is 5.32 Å². The molecule has 0 radical (unpaired) electrons. The van der Waals surface area contributed by atoms with Crippen LogP contribution in [0.2, 0.25) is 0 Å². The first-order valence-electron chi connectivity index (χ1n) is 5.67. The van der Waals surface area contributed by atoms with Gasteiger partial charge >= 0.3 is 0 Å². The summed E-state index contributed by atoms with van der Waals surface area (Å²) in [5, 5.41) is 3.39. The molecule has 0 aromatic heterocycles. The molecule has 1 aliphatic carbocycles. The summed E-state index contributed by atoms with van der Waals surface area (Å²) in [6.45, 7) is 2.16. The molecular weight excluding hydrogens is 202 g/mol. The summed E-state index contributed by atoms with van der Waals surface area (Å²) < 4.78 is 0. The summed E-state index contributed by atoms with van der Waals surface area (Å²) in [6, 6.07) is 6.66. The Hall–Kier alpha value is -0.890. The van der Waals surface area contributed by atoms with E-state index in [1.54, 1.807) is 0 Å². The highest BCUT2D eigenvalue weighted by Gasteiger charge is 2.36. The predicted octanol–water partition coefficient (Wildman–Crippen LogP) is 3.63. The fourth-order valence-corrected chi connectivity index (χ4v) is 3.37. The molecule has 1 saturated carbocycles. The SMILES string of the molecule is Cc1ccc2c(c1)C1CCCC1C(=S)N2. The fraction of sp³-hybridized carbons (Fsp3) is 0.462. The fourth-order valence-electron chi connectivity index (χ4n) is 2.97. The van der Waals surface area contributed by atoms with Gasteiger partial charge in [0.1, 0.15) is 0 Å². The first-order chi connectivity index (χ1) is 7.25. The maximum absolute atomic E-state index is 5.44. The van der Waals surface area contributed by atoms with Crippen LogP contribution in [0.3, 0.4) is 0 Å². The molecule has 1 fully saturated rings. The molecule has 1 aromatic carbocycles. The van der Waals surface area contributed by atoms with Crippen molar-refractivity contribution < 1.29 is 0 Å². The molecule has 0 saturated heterocycles. The van der Waals surface area contributed by atoms with Crippen molar-refractivity contribution in [1.82, 2.24) is 0 Å². The van der Waals surface area contributed by atoms with E-state index in [0.717, 1.165) is 4.99 Å². The Labute approximate surface area is 95.9 Å². The molecule has 78 valence electrons. The first kappa shape index (κ1) is 9.34. The van der Waals surface area contributed by atoms with Crippen LogP contribution in [-0.2, 0) is 0 Å². The third-order valence-corrected chi connectivity index (χ3v) is 4.12. The van der Waals surface area contributed by atoms with Gasteiger partial charge in [-0.15, -0.1) is 0 Å². The smallest absolute Gasteiger partial charge is 0.0834 e. The van der Waals surface area contributed by atoms with Gasteiger partial charge in [0, 0.05) is 11.6 Å². The lowest BCUT2D eigenvalue weighted by molar-refractivity contribution is 0.621. The van der Waals surface area contributed by atoms with Gasteiger partial charge in [-0.2, -0.15) is 0 Å². The van der Waals surface area contributed by atoms with E-state index in [1.807, 2.05) is 0 Å². The molecule has 1 N–H and O–H groups in total. The van der Waals surface area contributed by atoms with Crippen LogP contribution < -0.4 is 5.32 Å². The largest absolute Gasteiger partial charge is 0.350 e. The number of hydrogen-bond donors (Lipinski definition) is 1. The Balaban J connectivity index is 2.12. The van der Waals surface area contributed by atoms with E-state index >= 15 is 0 Å². The number of benzene rings is 1. The van der Waals surface area contributed by atoms with Crippen molar-refractivity contribution in [1.29, 1.82) is 0 Å². The third kappa shape index (κ3) is 1.39. The Kier molecular flexibility index (Phi) is 2.06. The highest BCUT2D eigenvalue weighted by molar-refractivity contribution is 7.80. The van der Waals surface area contributed by atoms with Crippen LogP contribution in [0.25, 0.3) is 0 Å². The summed E-state index contributed by atoms with van der Waals surface area (Å²) >= 11 is 5.44. The maximum Gasteiger partial charge on any atom is 0.0834 e. The molecule has 2 heteroatoms. The molecular formula is C13H15NS. The second kappa shape index (κ2) is 3.31. The topological polar surface area (TPSA) is 12.0 Å². The van der Waals surface area contributed by atoms with Crippen molar-refractivity contribution >= 4 is 22.9 Å². The van der Waals surface area contributed by atoms with Crippen LogP contribution in [0.1, 0.15) is 36.3 Å². The molecule has 2 unspecified atom stereocenters. The van der Waals surface area contributed by atoms with Gasteiger partial charge in [0.25, 0.3) is 0 Å². The van der Waals surface area contributed by atoms with E-state index < -0.39 is 0 Å². The Morgan fingerprint density at radius 2 is 2.07 bits per heavy atom. The van der Waals surface area contributed by atoms with Crippen LogP contribution in [0.4, 0.5) is 5.69 Å². The van der Waals surface area contributed by atoms with Crippen LogP contribution >= 0.6 is 12.2 Å². The van der Waals surface area contributed by atoms with E-state index in [1.165, 1.54) is 36.1 Å². The Morgan fingerprint density at radius 1 is 1.27 bits per heavy atom. The van der Waals surface area contributed by atoms with Gasteiger partial charge in [-0.3, -0.25) is 0 Å². The van der Waals surface area contributed by atoms with Crippen LogP contribution in [-0.4, -0.2) is 4.99 Å². The van der Waals surface area contributed by atoms with Gasteiger partial charge in [0.05, 0.1) is 4.99 Å². The molecule has 1 heterocycles. The van der Waals surface area contributed by atoms with Crippen molar-refractivity contribution in [2.75, 3.05) is 5.32 Å². The number of rotatable bonds is 0. The van der Waals surface area contributed by atoms with E-state index in [2.05, 4.69) is 30.4 Å². The molecule has 1 aromatic rings. The summed E-state index contributed by atoms with van der Waals surface area (Å²) in [5.41, 5.74) is 4.09. The van der Waals surface area contributed by atoms with Crippen molar-refractivity contribution in [3.63, 3.8) is 0 Å². The lowest BCUT2D eigenvalue weighted by Crippen LogP contribution is -2.28. The zero-order valence-corrected chi connectivity index (χ0v) is 9.73. The number of anilines is 1. The predicted molar refractivity (Wildman–Crippen MR) is 67.5 cm³/mol. The molecule has 15 heavy (non-hydrogen) atoms. The maximum atomic E-state index is 5.44. The zero-order chi connectivity index (χ0) is 10.4. The second-order valence-corrected chi connectivity index (χ2v) is 5.16. The number of hydrogen-bond acceptors (Lipinski definition) is 1. The minimum Gasteiger partial charge on any atom is -0.350 e. The average Bonchev–Trinajstić information content (AvgIpc) is 2.69. The summed E-state index contributed by atoms with van der Waals surface area (Å²) in [7, 11) is 0. The van der Waals surface area contributed by atoms with E-state index in [4.69, 9.17) is 12.2 Å². The van der Waals surface area contributed by atoms with Crippen molar-refractivity contribution in [2.24, 2.45) is 5.92 Å². The second-order valence-electron chi connectivity index (χ2n) is 4.72. The molecule has 2 atom stereocenters. The molecule has 1 nitrogen and oxygen atoms in total. The minimum atomic E-state index is 0.606. The standard InChI is InChI=1S/C13H15NS/c1-8-5-6-12-11(7-8)9-3-2-4-10(9)13(15)14-12/h5-7,9-10H,2-4H2,1H3,(H,14,15). The zero-order valence-electron chi connectivity index (χ0n) is 8.92.